The Morgan fingerprint density at radius 2 is 2.27 bits per heavy atom. The number of anilines is 1. The van der Waals surface area contributed by atoms with Crippen LogP contribution in [0.4, 0.5) is 10.6 Å². The van der Waals surface area contributed by atoms with Crippen LogP contribution in [0.3, 0.4) is 0 Å². The van der Waals surface area contributed by atoms with Gasteiger partial charge in [-0.2, -0.15) is 10.4 Å². The lowest BCUT2D eigenvalue weighted by Gasteiger charge is -2.27. The third-order valence-electron chi connectivity index (χ3n) is 5.34. The number of nitrogens with two attached hydrogens (primary N) is 1. The molecule has 0 saturated carbocycles. The molecule has 4 rings (SSSR count). The largest absolute Gasteiger partial charge is 0.510 e. The highest BCUT2D eigenvalue weighted by atomic mass is 31.2. The van der Waals surface area contributed by atoms with E-state index in [2.05, 4.69) is 21.1 Å². The molecule has 0 aromatic carbocycles. The van der Waals surface area contributed by atoms with Gasteiger partial charge in [0.15, 0.2) is 11.5 Å². The first-order chi connectivity index (χ1) is 15.7. The Bertz CT molecular complexity index is 1130. The Morgan fingerprint density at radius 3 is 3.00 bits per heavy atom. The number of hydrogen-bond donors (Lipinski definition) is 1. The second-order valence-corrected chi connectivity index (χ2v) is 9.39. The molecule has 2 fully saturated rings. The number of aromatic nitrogens is 4. The van der Waals surface area contributed by atoms with E-state index in [-0.39, 0.29) is 24.5 Å². The number of ether oxygens (including phenoxy) is 3. The number of nitriles is 1. The van der Waals surface area contributed by atoms with Crippen LogP contribution in [0.15, 0.2) is 12.5 Å². The number of carbonyl (C=O) groups is 1. The van der Waals surface area contributed by atoms with Crippen molar-refractivity contribution < 1.29 is 37.1 Å². The molecule has 15 heteroatoms. The van der Waals surface area contributed by atoms with Crippen LogP contribution in [0, 0.1) is 17.2 Å². The number of fused-ring (bicyclic) bond motifs is 2. The normalized spacial score (nSPS) is 31.7. The van der Waals surface area contributed by atoms with Crippen LogP contribution in [-0.4, -0.2) is 57.4 Å². The van der Waals surface area contributed by atoms with E-state index in [0.717, 1.165) is 0 Å². The Morgan fingerprint density at radius 1 is 1.48 bits per heavy atom. The summed E-state index contributed by atoms with van der Waals surface area (Å²) in [6.45, 7) is 4.27. The standard InChI is InChI=1S/C18H23N6O8P/c1-10(2)30-17(25)27-9-29-33(26)28-5-4-12-14(32-33)11(3)18(7-19,31-12)13-6-21-16-15(20)22-8-23-24(13)16/h6,8,10-12,14H,4-5,9H2,1-3H3,(H2,20,22,23). The van der Waals surface area contributed by atoms with Gasteiger partial charge in [-0.15, -0.1) is 0 Å². The molecule has 5 atom stereocenters. The van der Waals surface area contributed by atoms with Crippen LogP contribution in [0.1, 0.15) is 32.9 Å². The van der Waals surface area contributed by atoms with Gasteiger partial charge in [-0.05, 0) is 13.8 Å². The summed E-state index contributed by atoms with van der Waals surface area (Å²) in [5.41, 5.74) is 4.93. The number of carbonyl (C=O) groups excluding carboxylic acids is 1. The fourth-order valence-corrected chi connectivity index (χ4v) is 5.13. The summed E-state index contributed by atoms with van der Waals surface area (Å²) >= 11 is 0. The summed E-state index contributed by atoms with van der Waals surface area (Å²) in [5.74, 6) is -0.503. The molecule has 2 N–H and O–H groups in total. The first kappa shape index (κ1) is 23.3. The highest BCUT2D eigenvalue weighted by Gasteiger charge is 2.59. The van der Waals surface area contributed by atoms with E-state index in [1.165, 1.54) is 17.0 Å². The summed E-state index contributed by atoms with van der Waals surface area (Å²) in [5, 5.41) is 14.3. The molecule has 14 nitrogen and oxygen atoms in total. The first-order valence-corrected chi connectivity index (χ1v) is 11.6. The quantitative estimate of drug-likeness (QED) is 0.371. The van der Waals surface area contributed by atoms with Gasteiger partial charge in [-0.1, -0.05) is 6.92 Å². The van der Waals surface area contributed by atoms with Crippen molar-refractivity contribution in [2.24, 2.45) is 5.92 Å². The lowest BCUT2D eigenvalue weighted by Crippen LogP contribution is -2.35. The SMILES string of the molecule is CC(C)OC(=O)OCOP1(=O)OCCC2OC(C#N)(c3cnc4c(N)ncnn34)C(C)C2O1. The minimum atomic E-state index is -4.14. The smallest absolute Gasteiger partial charge is 0.432 e. The predicted octanol–water partition coefficient (Wildman–Crippen LogP) is 1.91. The number of phosphoric ester groups is 1. The zero-order valence-electron chi connectivity index (χ0n) is 18.1. The molecule has 0 amide bonds. The molecule has 2 aliphatic heterocycles. The van der Waals surface area contributed by atoms with E-state index in [9.17, 15) is 14.6 Å². The Hall–Kier alpha value is -2.82. The van der Waals surface area contributed by atoms with Crippen molar-refractivity contribution in [3.8, 4) is 6.07 Å². The van der Waals surface area contributed by atoms with Gasteiger partial charge in [0.05, 0.1) is 25.0 Å². The number of nitrogens with zero attached hydrogens (tertiary/aromatic N) is 5. The molecule has 2 aromatic heterocycles. The lowest BCUT2D eigenvalue weighted by atomic mass is 9.85. The molecule has 178 valence electrons. The van der Waals surface area contributed by atoms with Crippen LogP contribution in [0.25, 0.3) is 5.65 Å². The summed E-state index contributed by atoms with van der Waals surface area (Å²) in [6, 6.07) is 2.20. The fourth-order valence-electron chi connectivity index (χ4n) is 3.81. The van der Waals surface area contributed by atoms with Crippen LogP contribution < -0.4 is 5.73 Å². The van der Waals surface area contributed by atoms with Crippen molar-refractivity contribution in [2.75, 3.05) is 19.1 Å². The van der Waals surface area contributed by atoms with Crippen molar-refractivity contribution >= 4 is 25.4 Å². The molecule has 0 bridgehead atoms. The molecule has 0 spiro atoms. The van der Waals surface area contributed by atoms with Crippen molar-refractivity contribution in [2.45, 2.75) is 51.1 Å². The van der Waals surface area contributed by atoms with Gasteiger partial charge in [0.25, 0.3) is 0 Å². The van der Waals surface area contributed by atoms with E-state index >= 15 is 0 Å². The molecule has 4 heterocycles. The van der Waals surface area contributed by atoms with Crippen LogP contribution in [0.2, 0.25) is 0 Å². The molecule has 33 heavy (non-hydrogen) atoms. The molecule has 2 aromatic rings. The Balaban J connectivity index is 1.55. The van der Waals surface area contributed by atoms with Crippen LogP contribution in [-0.2, 0) is 37.9 Å². The fraction of sp³-hybridized carbons (Fsp3) is 0.611. The number of imidazole rings is 1. The van der Waals surface area contributed by atoms with Crippen molar-refractivity contribution in [1.29, 1.82) is 5.26 Å². The Kier molecular flexibility index (Phi) is 6.26. The summed E-state index contributed by atoms with van der Waals surface area (Å²) < 4.78 is 46.3. The minimum Gasteiger partial charge on any atom is -0.432 e. The Labute approximate surface area is 188 Å². The minimum absolute atomic E-state index is 0.0363. The highest BCUT2D eigenvalue weighted by Crippen LogP contribution is 2.58. The van der Waals surface area contributed by atoms with Gasteiger partial charge in [0, 0.05) is 12.3 Å². The van der Waals surface area contributed by atoms with E-state index in [1.54, 1.807) is 20.8 Å². The summed E-state index contributed by atoms with van der Waals surface area (Å²) in [7, 11) is -4.14. The summed E-state index contributed by atoms with van der Waals surface area (Å²) in [4.78, 5) is 19.6. The number of rotatable bonds is 5. The molecule has 0 aliphatic carbocycles. The molecule has 2 aliphatic rings. The van der Waals surface area contributed by atoms with E-state index < -0.39 is 50.6 Å². The average molecular weight is 482 g/mol. The predicted molar refractivity (Wildman–Crippen MR) is 108 cm³/mol. The third-order valence-corrected chi connectivity index (χ3v) is 6.76. The van der Waals surface area contributed by atoms with Crippen molar-refractivity contribution in [3.63, 3.8) is 0 Å². The number of phosphoric acid groups is 1. The van der Waals surface area contributed by atoms with Crippen LogP contribution in [0.5, 0.6) is 0 Å². The number of nitrogen functional groups attached to an aromatic ring is 1. The van der Waals surface area contributed by atoms with Gasteiger partial charge in [0.1, 0.15) is 24.2 Å². The van der Waals surface area contributed by atoms with Gasteiger partial charge < -0.3 is 19.9 Å². The van der Waals surface area contributed by atoms with E-state index in [1.807, 2.05) is 0 Å². The molecule has 2 saturated heterocycles. The maximum absolute atomic E-state index is 13.1. The van der Waals surface area contributed by atoms with Crippen LogP contribution >= 0.6 is 7.82 Å². The monoisotopic (exact) mass is 482 g/mol. The van der Waals surface area contributed by atoms with Gasteiger partial charge >= 0.3 is 14.0 Å². The van der Waals surface area contributed by atoms with Gasteiger partial charge in [-0.3, -0.25) is 9.05 Å². The zero-order chi connectivity index (χ0) is 23.8. The van der Waals surface area contributed by atoms with Crippen molar-refractivity contribution in [1.82, 2.24) is 19.6 Å². The van der Waals surface area contributed by atoms with Gasteiger partial charge in [-0.25, -0.2) is 28.4 Å². The third kappa shape index (κ3) is 4.25. The first-order valence-electron chi connectivity index (χ1n) is 10.1. The molecule has 0 radical (unpaired) electrons. The highest BCUT2D eigenvalue weighted by molar-refractivity contribution is 7.48. The second-order valence-electron chi connectivity index (χ2n) is 7.76. The molecular formula is C18H23N6O8P. The van der Waals surface area contributed by atoms with E-state index in [0.29, 0.717) is 5.69 Å². The van der Waals surface area contributed by atoms with E-state index in [4.69, 9.17) is 33.5 Å². The second kappa shape index (κ2) is 8.85. The average Bonchev–Trinajstić information content (AvgIpc) is 3.24. The maximum Gasteiger partial charge on any atom is 0.510 e. The number of hydrogen-bond acceptors (Lipinski definition) is 13. The van der Waals surface area contributed by atoms with Gasteiger partial charge in [0.2, 0.25) is 12.4 Å². The van der Waals surface area contributed by atoms with Crippen molar-refractivity contribution in [3.05, 3.63) is 18.2 Å². The topological polar surface area (TPSA) is 182 Å². The maximum atomic E-state index is 13.1. The lowest BCUT2D eigenvalue weighted by molar-refractivity contribution is -0.0333. The molecule has 5 unspecified atom stereocenters. The summed E-state index contributed by atoms with van der Waals surface area (Å²) in [6.07, 6.45) is 0.0882. The zero-order valence-corrected chi connectivity index (χ0v) is 19.0. The molecular weight excluding hydrogens is 459 g/mol.